The van der Waals surface area contributed by atoms with Crippen LogP contribution in [0.3, 0.4) is 0 Å². The van der Waals surface area contributed by atoms with E-state index in [1.54, 1.807) is 7.11 Å². The van der Waals surface area contributed by atoms with Crippen molar-refractivity contribution in [3.63, 3.8) is 0 Å². The van der Waals surface area contributed by atoms with E-state index in [9.17, 15) is 4.79 Å². The van der Waals surface area contributed by atoms with Crippen molar-refractivity contribution in [1.29, 1.82) is 0 Å². The van der Waals surface area contributed by atoms with Crippen LogP contribution in [0.25, 0.3) is 22.6 Å². The van der Waals surface area contributed by atoms with Crippen LogP contribution in [0, 0.1) is 6.92 Å². The largest absolute Gasteiger partial charge is 0.493 e. The normalized spacial score (nSPS) is 16.1. The van der Waals surface area contributed by atoms with Gasteiger partial charge in [-0.05, 0) is 81.0 Å². The maximum atomic E-state index is 13.0. The van der Waals surface area contributed by atoms with E-state index in [1.807, 2.05) is 72.6 Å². The minimum Gasteiger partial charge on any atom is -0.493 e. The molecule has 0 N–H and O–H groups in total. The summed E-state index contributed by atoms with van der Waals surface area (Å²) in [6.45, 7) is 3.95. The van der Waals surface area contributed by atoms with Gasteiger partial charge in [0.25, 0.3) is 5.91 Å². The second-order valence-corrected chi connectivity index (χ2v) is 10.2. The summed E-state index contributed by atoms with van der Waals surface area (Å²) < 4.78 is 23.5. The number of rotatable bonds is 10. The van der Waals surface area contributed by atoms with Gasteiger partial charge in [-0.15, -0.1) is 0 Å². The van der Waals surface area contributed by atoms with E-state index in [1.165, 1.54) is 0 Å². The lowest BCUT2D eigenvalue weighted by Gasteiger charge is -2.20. The molecule has 8 heteroatoms. The molecule has 2 aliphatic heterocycles. The first kappa shape index (κ1) is 25.9. The zero-order valence-corrected chi connectivity index (χ0v) is 22.9. The van der Waals surface area contributed by atoms with Crippen LogP contribution < -0.4 is 14.2 Å². The van der Waals surface area contributed by atoms with Crippen LogP contribution in [0.2, 0.25) is 0 Å². The number of aliphatic imine (C=N–C) groups is 1. The molecule has 6 rings (SSSR count). The van der Waals surface area contributed by atoms with Crippen molar-refractivity contribution in [2.24, 2.45) is 4.99 Å². The number of hydrogen-bond donors (Lipinski definition) is 0. The van der Waals surface area contributed by atoms with E-state index < -0.39 is 0 Å². The fourth-order valence-electron chi connectivity index (χ4n) is 5.29. The molecule has 3 aromatic carbocycles. The molecule has 0 unspecified atom stereocenters. The number of ether oxygens (including phenoxy) is 3. The van der Waals surface area contributed by atoms with Crippen molar-refractivity contribution in [2.45, 2.75) is 45.1 Å². The third kappa shape index (κ3) is 5.26. The summed E-state index contributed by atoms with van der Waals surface area (Å²) in [4.78, 5) is 24.1. The molecule has 2 aliphatic rings. The highest BCUT2D eigenvalue weighted by atomic mass is 16.5. The van der Waals surface area contributed by atoms with Gasteiger partial charge in [0.1, 0.15) is 11.3 Å². The Balaban J connectivity index is 0.982. The molecule has 0 spiro atoms. The minimum absolute atomic E-state index is 0.0714. The first-order chi connectivity index (χ1) is 19.6. The molecule has 4 aromatic rings. The molecule has 1 aromatic heterocycles. The molecule has 0 radical (unpaired) electrons. The highest BCUT2D eigenvalue weighted by molar-refractivity contribution is 6.03. The van der Waals surface area contributed by atoms with Crippen molar-refractivity contribution in [1.82, 2.24) is 9.88 Å². The molecule has 1 atom stereocenters. The first-order valence-corrected chi connectivity index (χ1v) is 13.9. The Morgan fingerprint density at radius 1 is 0.975 bits per heavy atom. The Morgan fingerprint density at radius 2 is 1.80 bits per heavy atom. The monoisotopic (exact) mass is 539 g/mol. The maximum Gasteiger partial charge on any atom is 0.256 e. The Labute approximate surface area is 233 Å². The number of nitrogens with zero attached hydrogens (tertiary/aromatic N) is 3. The molecule has 0 aliphatic carbocycles. The van der Waals surface area contributed by atoms with E-state index >= 15 is 0 Å². The van der Waals surface area contributed by atoms with E-state index in [0.717, 1.165) is 66.6 Å². The molecular weight excluding hydrogens is 506 g/mol. The number of fused-ring (bicyclic) bond motifs is 3. The second-order valence-electron chi connectivity index (χ2n) is 10.2. The predicted molar refractivity (Wildman–Crippen MR) is 154 cm³/mol. The average molecular weight is 540 g/mol. The van der Waals surface area contributed by atoms with Crippen molar-refractivity contribution in [3.8, 4) is 28.7 Å². The van der Waals surface area contributed by atoms with E-state index in [4.69, 9.17) is 18.6 Å². The van der Waals surface area contributed by atoms with Crippen molar-refractivity contribution in [3.05, 3.63) is 65.7 Å². The van der Waals surface area contributed by atoms with Gasteiger partial charge in [-0.3, -0.25) is 9.79 Å². The molecule has 40 heavy (non-hydrogen) atoms. The molecule has 3 heterocycles. The van der Waals surface area contributed by atoms with Gasteiger partial charge in [-0.1, -0.05) is 12.1 Å². The maximum absolute atomic E-state index is 13.0. The van der Waals surface area contributed by atoms with Gasteiger partial charge in [0, 0.05) is 24.4 Å². The molecule has 206 valence electrons. The Hall–Kier alpha value is -4.33. The summed E-state index contributed by atoms with van der Waals surface area (Å²) in [6, 6.07) is 17.3. The molecule has 1 saturated heterocycles. The average Bonchev–Trinajstić information content (AvgIpc) is 3.61. The van der Waals surface area contributed by atoms with Crippen LogP contribution in [0.1, 0.15) is 48.0 Å². The first-order valence-electron chi connectivity index (χ1n) is 13.9. The highest BCUT2D eigenvalue weighted by Crippen LogP contribution is 2.35. The second kappa shape index (κ2) is 11.4. The van der Waals surface area contributed by atoms with Crippen LogP contribution in [0.5, 0.6) is 17.2 Å². The van der Waals surface area contributed by atoms with Gasteiger partial charge in [-0.25, -0.2) is 4.98 Å². The van der Waals surface area contributed by atoms with Crippen molar-refractivity contribution < 1.29 is 23.4 Å². The Kier molecular flexibility index (Phi) is 7.40. The van der Waals surface area contributed by atoms with E-state index in [-0.39, 0.29) is 11.9 Å². The van der Waals surface area contributed by atoms with Crippen LogP contribution in [-0.2, 0) is 0 Å². The summed E-state index contributed by atoms with van der Waals surface area (Å²) in [5, 5.41) is 0. The number of aryl methyl sites for hydroxylation is 1. The molecule has 0 saturated carbocycles. The number of carbonyl (C=O) groups excluding carboxylic acids is 1. The topological polar surface area (TPSA) is 86.4 Å². The van der Waals surface area contributed by atoms with Crippen LogP contribution in [0.15, 0.2) is 64.0 Å². The molecule has 1 fully saturated rings. The van der Waals surface area contributed by atoms with E-state index in [0.29, 0.717) is 41.9 Å². The third-order valence-electron chi connectivity index (χ3n) is 7.48. The fourth-order valence-corrected chi connectivity index (χ4v) is 5.29. The summed E-state index contributed by atoms with van der Waals surface area (Å²) in [6.07, 6.45) is 6.66. The van der Waals surface area contributed by atoms with Crippen LogP contribution >= 0.6 is 0 Å². The number of unbranched alkanes of at least 4 members (excludes halogenated alkanes) is 2. The zero-order valence-electron chi connectivity index (χ0n) is 22.9. The van der Waals surface area contributed by atoms with E-state index in [2.05, 4.69) is 9.98 Å². The third-order valence-corrected chi connectivity index (χ3v) is 7.48. The van der Waals surface area contributed by atoms with Gasteiger partial charge >= 0.3 is 0 Å². The molecular formula is C32H33N3O5. The number of benzene rings is 3. The zero-order chi connectivity index (χ0) is 27.5. The smallest absolute Gasteiger partial charge is 0.256 e. The Morgan fingerprint density at radius 3 is 2.62 bits per heavy atom. The fraction of sp³-hybridized carbons (Fsp3) is 0.344. The summed E-state index contributed by atoms with van der Waals surface area (Å²) >= 11 is 0. The lowest BCUT2D eigenvalue weighted by Crippen LogP contribution is -2.35. The summed E-state index contributed by atoms with van der Waals surface area (Å²) in [5.41, 5.74) is 4.73. The molecule has 8 nitrogen and oxygen atoms in total. The van der Waals surface area contributed by atoms with Gasteiger partial charge in [0.05, 0.1) is 37.6 Å². The number of amides is 1. The lowest BCUT2D eigenvalue weighted by molar-refractivity contribution is 0.0774. The van der Waals surface area contributed by atoms with Gasteiger partial charge in [0.15, 0.2) is 17.1 Å². The quantitative estimate of drug-likeness (QED) is 0.207. The molecule has 1 amide bonds. The number of carbonyl (C=O) groups is 1. The number of oxazole rings is 1. The number of aromatic nitrogens is 1. The van der Waals surface area contributed by atoms with Gasteiger partial charge in [0.2, 0.25) is 5.89 Å². The summed E-state index contributed by atoms with van der Waals surface area (Å²) in [5.74, 6) is 2.74. The van der Waals surface area contributed by atoms with Crippen molar-refractivity contribution in [2.75, 3.05) is 26.9 Å². The predicted octanol–water partition coefficient (Wildman–Crippen LogP) is 6.76. The Bertz CT molecular complexity index is 1530. The lowest BCUT2D eigenvalue weighted by atomic mass is 10.1. The van der Waals surface area contributed by atoms with Crippen LogP contribution in [0.4, 0.5) is 5.69 Å². The van der Waals surface area contributed by atoms with Gasteiger partial charge < -0.3 is 23.5 Å². The van der Waals surface area contributed by atoms with Crippen molar-refractivity contribution >= 4 is 28.9 Å². The van der Waals surface area contributed by atoms with Crippen LogP contribution in [-0.4, -0.2) is 54.9 Å². The standard InChI is InChI=1S/C32H33N3O5/c1-21-17-24-26(33-20-23-9-8-14-35(23)32(24)36)19-29(21)39-16-7-3-6-15-38-28-13-12-22(18-30(28)37-2)31-34-25-10-4-5-11-27(25)40-31/h4-5,10-13,17-20,23H,3,6-9,14-16H2,1-2H3/t23-/m0/s1. The highest BCUT2D eigenvalue weighted by Gasteiger charge is 2.32. The minimum atomic E-state index is 0.0714. The molecule has 0 bridgehead atoms. The summed E-state index contributed by atoms with van der Waals surface area (Å²) in [7, 11) is 1.63. The number of para-hydroxylation sites is 2. The van der Waals surface area contributed by atoms with Gasteiger partial charge in [-0.2, -0.15) is 0 Å². The number of hydrogen-bond acceptors (Lipinski definition) is 7. The SMILES string of the molecule is COc1cc(-c2nc3ccccc3o2)ccc1OCCCCCOc1cc2c(cc1C)C(=O)N1CCC[C@H]1C=N2. The number of methoxy groups -OCH3 is 1.